The van der Waals surface area contributed by atoms with Crippen molar-refractivity contribution in [2.45, 2.75) is 45.0 Å². The normalized spacial score (nSPS) is 22.3. The standard InChI is InChI=1S/C15H21BrFN3O2/c1-15(2,3)22-14(21)19-12-6-7-20(9-11(12)17)13-5-4-10(16)8-18-13/h4-5,8,11-12H,6-7,9H2,1-3H3,(H,19,21)/t11-,12+/m0/s1. The third-order valence-electron chi connectivity index (χ3n) is 3.28. The Morgan fingerprint density at radius 1 is 1.50 bits per heavy atom. The second kappa shape index (κ2) is 6.81. The number of ether oxygens (including phenoxy) is 1. The Hall–Kier alpha value is -1.37. The van der Waals surface area contributed by atoms with Gasteiger partial charge in [-0.3, -0.25) is 0 Å². The molecule has 0 spiro atoms. The van der Waals surface area contributed by atoms with Crippen molar-refractivity contribution in [3.63, 3.8) is 0 Å². The molecule has 1 saturated heterocycles. The number of carbonyl (C=O) groups is 1. The zero-order valence-corrected chi connectivity index (χ0v) is 14.6. The van der Waals surface area contributed by atoms with E-state index in [-0.39, 0.29) is 6.54 Å². The molecular formula is C15H21BrFN3O2. The van der Waals surface area contributed by atoms with Crippen LogP contribution in [0.25, 0.3) is 0 Å². The van der Waals surface area contributed by atoms with E-state index in [1.54, 1.807) is 27.0 Å². The van der Waals surface area contributed by atoms with Crippen LogP contribution in [0.5, 0.6) is 0 Å². The van der Waals surface area contributed by atoms with E-state index in [2.05, 4.69) is 26.2 Å². The lowest BCUT2D eigenvalue weighted by Crippen LogP contribution is -2.53. The van der Waals surface area contributed by atoms with Crippen molar-refractivity contribution in [1.29, 1.82) is 0 Å². The summed E-state index contributed by atoms with van der Waals surface area (Å²) in [6, 6.07) is 3.19. The molecule has 122 valence electrons. The van der Waals surface area contributed by atoms with E-state index >= 15 is 0 Å². The fraction of sp³-hybridized carbons (Fsp3) is 0.600. The van der Waals surface area contributed by atoms with E-state index in [1.807, 2.05) is 17.0 Å². The Labute approximate surface area is 138 Å². The SMILES string of the molecule is CC(C)(C)OC(=O)N[C@@H]1CCN(c2ccc(Br)cn2)C[C@@H]1F. The molecule has 0 saturated carbocycles. The molecule has 1 aromatic heterocycles. The number of carbonyl (C=O) groups excluding carboxylic acids is 1. The zero-order valence-electron chi connectivity index (χ0n) is 13.0. The average molecular weight is 374 g/mol. The molecular weight excluding hydrogens is 353 g/mol. The van der Waals surface area contributed by atoms with E-state index < -0.39 is 23.9 Å². The van der Waals surface area contributed by atoms with Crippen LogP contribution in [-0.4, -0.2) is 42.0 Å². The number of alkyl halides is 1. The van der Waals surface area contributed by atoms with Gasteiger partial charge < -0.3 is 15.0 Å². The molecule has 22 heavy (non-hydrogen) atoms. The molecule has 2 atom stereocenters. The van der Waals surface area contributed by atoms with Crippen LogP contribution in [0.3, 0.4) is 0 Å². The Bertz CT molecular complexity index is 519. The van der Waals surface area contributed by atoms with Crippen LogP contribution in [0.4, 0.5) is 15.0 Å². The predicted octanol–water partition coefficient (Wildman–Crippen LogP) is 3.29. The van der Waals surface area contributed by atoms with E-state index in [0.29, 0.717) is 13.0 Å². The first kappa shape index (κ1) is 17.0. The number of rotatable bonds is 2. The van der Waals surface area contributed by atoms with Crippen molar-refractivity contribution in [2.24, 2.45) is 0 Å². The van der Waals surface area contributed by atoms with Gasteiger partial charge in [-0.15, -0.1) is 0 Å². The number of nitrogens with one attached hydrogen (secondary N) is 1. The quantitative estimate of drug-likeness (QED) is 0.863. The summed E-state index contributed by atoms with van der Waals surface area (Å²) >= 11 is 3.33. The average Bonchev–Trinajstić information content (AvgIpc) is 2.40. The molecule has 0 bridgehead atoms. The second-order valence-corrected chi connectivity index (χ2v) is 7.25. The maximum absolute atomic E-state index is 14.3. The number of nitrogens with zero attached hydrogens (tertiary/aromatic N) is 2. The Balaban J connectivity index is 1.90. The number of anilines is 1. The zero-order chi connectivity index (χ0) is 16.3. The first-order chi connectivity index (χ1) is 10.2. The number of aromatic nitrogens is 1. The van der Waals surface area contributed by atoms with Crippen LogP contribution < -0.4 is 10.2 Å². The molecule has 1 aliphatic rings. The minimum Gasteiger partial charge on any atom is -0.444 e. The fourth-order valence-corrected chi connectivity index (χ4v) is 2.52. The lowest BCUT2D eigenvalue weighted by atomic mass is 10.0. The number of hydrogen-bond donors (Lipinski definition) is 1. The molecule has 2 heterocycles. The maximum Gasteiger partial charge on any atom is 0.407 e. The van der Waals surface area contributed by atoms with Gasteiger partial charge in [0.2, 0.25) is 0 Å². The van der Waals surface area contributed by atoms with E-state index in [4.69, 9.17) is 4.74 Å². The van der Waals surface area contributed by atoms with E-state index in [1.165, 1.54) is 0 Å². The van der Waals surface area contributed by atoms with Crippen molar-refractivity contribution in [1.82, 2.24) is 10.3 Å². The first-order valence-electron chi connectivity index (χ1n) is 7.25. The van der Waals surface area contributed by atoms with Crippen LogP contribution in [0.2, 0.25) is 0 Å². The largest absolute Gasteiger partial charge is 0.444 e. The third kappa shape index (κ3) is 4.83. The summed E-state index contributed by atoms with van der Waals surface area (Å²) in [5.74, 6) is 0.738. The molecule has 5 nitrogen and oxygen atoms in total. The summed E-state index contributed by atoms with van der Waals surface area (Å²) in [4.78, 5) is 17.9. The molecule has 1 amide bonds. The molecule has 0 radical (unpaired) electrons. The molecule has 1 aromatic rings. The number of pyridine rings is 1. The highest BCUT2D eigenvalue weighted by Crippen LogP contribution is 2.21. The second-order valence-electron chi connectivity index (χ2n) is 6.34. The summed E-state index contributed by atoms with van der Waals surface area (Å²) in [7, 11) is 0. The van der Waals surface area contributed by atoms with Gasteiger partial charge in [0.25, 0.3) is 0 Å². The topological polar surface area (TPSA) is 54.5 Å². The van der Waals surface area contributed by atoms with Gasteiger partial charge in [-0.1, -0.05) is 0 Å². The number of alkyl carbamates (subject to hydrolysis) is 1. The lowest BCUT2D eigenvalue weighted by molar-refractivity contribution is 0.0463. The Morgan fingerprint density at radius 2 is 2.23 bits per heavy atom. The molecule has 1 fully saturated rings. The number of halogens is 2. The molecule has 2 rings (SSSR count). The molecule has 0 aliphatic carbocycles. The van der Waals surface area contributed by atoms with Crippen molar-refractivity contribution in [3.05, 3.63) is 22.8 Å². The van der Waals surface area contributed by atoms with Gasteiger partial charge in [0, 0.05) is 17.2 Å². The molecule has 1 aliphatic heterocycles. The van der Waals surface area contributed by atoms with Crippen molar-refractivity contribution in [3.8, 4) is 0 Å². The van der Waals surface area contributed by atoms with Crippen LogP contribution >= 0.6 is 15.9 Å². The van der Waals surface area contributed by atoms with Crippen LogP contribution in [0.1, 0.15) is 27.2 Å². The Morgan fingerprint density at radius 3 is 2.77 bits per heavy atom. The summed E-state index contributed by atoms with van der Waals surface area (Å²) in [5, 5.41) is 2.62. The Kier molecular flexibility index (Phi) is 5.26. The third-order valence-corrected chi connectivity index (χ3v) is 3.75. The van der Waals surface area contributed by atoms with Gasteiger partial charge in [0.05, 0.1) is 12.6 Å². The van der Waals surface area contributed by atoms with Crippen LogP contribution in [0.15, 0.2) is 22.8 Å². The summed E-state index contributed by atoms with van der Waals surface area (Å²) in [5.41, 5.74) is -0.585. The summed E-state index contributed by atoms with van der Waals surface area (Å²) < 4.78 is 20.4. The first-order valence-corrected chi connectivity index (χ1v) is 8.04. The van der Waals surface area contributed by atoms with Crippen LogP contribution in [0, 0.1) is 0 Å². The number of piperidine rings is 1. The highest BCUT2D eigenvalue weighted by Gasteiger charge is 2.32. The summed E-state index contributed by atoms with van der Waals surface area (Å²) in [6.45, 7) is 6.18. The van der Waals surface area contributed by atoms with Gasteiger partial charge in [0.1, 0.15) is 17.6 Å². The highest BCUT2D eigenvalue weighted by atomic mass is 79.9. The molecule has 0 unspecified atom stereocenters. The molecule has 1 N–H and O–H groups in total. The van der Waals surface area contributed by atoms with Gasteiger partial charge in [0.15, 0.2) is 0 Å². The number of hydrogen-bond acceptors (Lipinski definition) is 4. The van der Waals surface area contributed by atoms with E-state index in [0.717, 1.165) is 10.3 Å². The van der Waals surface area contributed by atoms with Gasteiger partial charge in [-0.2, -0.15) is 0 Å². The fourth-order valence-electron chi connectivity index (χ4n) is 2.29. The lowest BCUT2D eigenvalue weighted by Gasteiger charge is -2.36. The predicted molar refractivity (Wildman–Crippen MR) is 86.8 cm³/mol. The molecule has 7 heteroatoms. The van der Waals surface area contributed by atoms with Gasteiger partial charge in [-0.05, 0) is 55.3 Å². The van der Waals surface area contributed by atoms with Gasteiger partial charge >= 0.3 is 6.09 Å². The minimum absolute atomic E-state index is 0.203. The van der Waals surface area contributed by atoms with E-state index in [9.17, 15) is 9.18 Å². The maximum atomic E-state index is 14.3. The van der Waals surface area contributed by atoms with Gasteiger partial charge in [-0.25, -0.2) is 14.2 Å². The smallest absolute Gasteiger partial charge is 0.407 e. The molecule has 0 aromatic carbocycles. The van der Waals surface area contributed by atoms with Crippen molar-refractivity contribution in [2.75, 3.05) is 18.0 Å². The van der Waals surface area contributed by atoms with Crippen LogP contribution in [-0.2, 0) is 4.74 Å². The monoisotopic (exact) mass is 373 g/mol. The minimum atomic E-state index is -1.16. The summed E-state index contributed by atoms with van der Waals surface area (Å²) in [6.07, 6.45) is 0.466. The van der Waals surface area contributed by atoms with Crippen molar-refractivity contribution < 1.29 is 13.9 Å². The van der Waals surface area contributed by atoms with Crippen molar-refractivity contribution >= 4 is 27.8 Å². The highest BCUT2D eigenvalue weighted by molar-refractivity contribution is 9.10. The number of amides is 1.